The lowest BCUT2D eigenvalue weighted by atomic mass is 10.1. The van der Waals surface area contributed by atoms with Crippen molar-refractivity contribution < 1.29 is 4.74 Å². The van der Waals surface area contributed by atoms with Gasteiger partial charge in [0.25, 0.3) is 0 Å². The lowest BCUT2D eigenvalue weighted by molar-refractivity contribution is 0.353. The monoisotopic (exact) mass is 260 g/mol. The molecule has 0 N–H and O–H groups in total. The minimum absolute atomic E-state index is 0.290. The first kappa shape index (κ1) is 9.35. The highest BCUT2D eigenvalue weighted by molar-refractivity contribution is 9.09. The van der Waals surface area contributed by atoms with Gasteiger partial charge in [-0.05, 0) is 24.6 Å². The Morgan fingerprint density at radius 1 is 1.54 bits per heavy atom. The lowest BCUT2D eigenvalue weighted by Gasteiger charge is -2.10. The summed E-state index contributed by atoms with van der Waals surface area (Å²) in [6.07, 6.45) is 0.975. The third-order valence-corrected chi connectivity index (χ3v) is 2.92. The molecule has 0 saturated heterocycles. The molecule has 1 unspecified atom stereocenters. The normalized spacial score (nSPS) is 16.5. The highest BCUT2D eigenvalue weighted by Crippen LogP contribution is 2.38. The van der Waals surface area contributed by atoms with Crippen LogP contribution in [0.3, 0.4) is 0 Å². The smallest absolute Gasteiger partial charge is 0.127 e. The van der Waals surface area contributed by atoms with Crippen LogP contribution in [-0.4, -0.2) is 6.61 Å². The zero-order chi connectivity index (χ0) is 9.42. The van der Waals surface area contributed by atoms with Gasteiger partial charge in [0.05, 0.1) is 6.61 Å². The molecule has 1 aromatic carbocycles. The molecule has 13 heavy (non-hydrogen) atoms. The first-order valence-corrected chi connectivity index (χ1v) is 5.57. The molecule has 1 nitrogen and oxygen atoms in total. The molecule has 0 fully saturated rings. The number of rotatable bonds is 1. The molecule has 1 aliphatic rings. The van der Waals surface area contributed by atoms with Gasteiger partial charge in [-0.15, -0.1) is 0 Å². The van der Waals surface area contributed by atoms with Crippen LogP contribution < -0.4 is 4.74 Å². The van der Waals surface area contributed by atoms with E-state index in [0.29, 0.717) is 0 Å². The van der Waals surface area contributed by atoms with E-state index >= 15 is 0 Å². The fourth-order valence-electron chi connectivity index (χ4n) is 1.59. The van der Waals surface area contributed by atoms with Gasteiger partial charge < -0.3 is 4.74 Å². The second kappa shape index (κ2) is 3.50. The largest absolute Gasteiger partial charge is 0.493 e. The van der Waals surface area contributed by atoms with Gasteiger partial charge in [0.1, 0.15) is 5.75 Å². The van der Waals surface area contributed by atoms with Crippen molar-refractivity contribution in [3.63, 3.8) is 0 Å². The Bertz CT molecular complexity index is 336. The van der Waals surface area contributed by atoms with Crippen molar-refractivity contribution in [2.45, 2.75) is 18.2 Å². The fraction of sp³-hybridized carbons (Fsp3) is 0.400. The standard InChI is InChI=1S/C10H10BrClO/c1-6(11)9-5-8(12)4-7-2-3-13-10(7)9/h4-6H,2-3H2,1H3. The van der Waals surface area contributed by atoms with E-state index in [4.69, 9.17) is 16.3 Å². The number of fused-ring (bicyclic) bond motifs is 1. The maximum Gasteiger partial charge on any atom is 0.127 e. The number of hydrogen-bond donors (Lipinski definition) is 0. The van der Waals surface area contributed by atoms with E-state index < -0.39 is 0 Å². The fourth-order valence-corrected chi connectivity index (χ4v) is 2.18. The summed E-state index contributed by atoms with van der Waals surface area (Å²) >= 11 is 9.53. The van der Waals surface area contributed by atoms with Crippen LogP contribution in [0, 0.1) is 0 Å². The average Bonchev–Trinajstić information content (AvgIpc) is 2.49. The van der Waals surface area contributed by atoms with Crippen LogP contribution in [0.1, 0.15) is 22.9 Å². The van der Waals surface area contributed by atoms with E-state index in [1.807, 2.05) is 12.1 Å². The molecule has 70 valence electrons. The van der Waals surface area contributed by atoms with E-state index in [9.17, 15) is 0 Å². The molecule has 1 atom stereocenters. The summed E-state index contributed by atoms with van der Waals surface area (Å²) in [5, 5.41) is 0.797. The quantitative estimate of drug-likeness (QED) is 0.700. The minimum Gasteiger partial charge on any atom is -0.493 e. The summed E-state index contributed by atoms with van der Waals surface area (Å²) < 4.78 is 5.56. The first-order valence-electron chi connectivity index (χ1n) is 4.27. The second-order valence-electron chi connectivity index (χ2n) is 3.20. The summed E-state index contributed by atoms with van der Waals surface area (Å²) in [7, 11) is 0. The van der Waals surface area contributed by atoms with Crippen LogP contribution in [0.4, 0.5) is 0 Å². The zero-order valence-corrected chi connectivity index (χ0v) is 9.65. The molecule has 0 amide bonds. The molecule has 1 aliphatic heterocycles. The molecule has 0 aliphatic carbocycles. The van der Waals surface area contributed by atoms with Crippen molar-refractivity contribution in [2.24, 2.45) is 0 Å². The highest BCUT2D eigenvalue weighted by atomic mass is 79.9. The van der Waals surface area contributed by atoms with Crippen molar-refractivity contribution in [1.82, 2.24) is 0 Å². The molecule has 3 heteroatoms. The Balaban J connectivity index is 2.55. The average molecular weight is 262 g/mol. The molecule has 1 aromatic rings. The maximum absolute atomic E-state index is 6.00. The zero-order valence-electron chi connectivity index (χ0n) is 7.31. The van der Waals surface area contributed by atoms with Gasteiger partial charge in [0.15, 0.2) is 0 Å². The number of benzene rings is 1. The summed E-state index contributed by atoms with van der Waals surface area (Å²) in [6.45, 7) is 2.86. The van der Waals surface area contributed by atoms with Crippen LogP contribution in [0.5, 0.6) is 5.75 Å². The highest BCUT2D eigenvalue weighted by Gasteiger charge is 2.19. The SMILES string of the molecule is CC(Br)c1cc(Cl)cc2c1OCC2. The van der Waals surface area contributed by atoms with E-state index in [1.54, 1.807) is 0 Å². The number of ether oxygens (including phenoxy) is 1. The second-order valence-corrected chi connectivity index (χ2v) is 5.01. The molecule has 0 radical (unpaired) electrons. The minimum atomic E-state index is 0.290. The third-order valence-electron chi connectivity index (χ3n) is 2.21. The Morgan fingerprint density at radius 2 is 2.31 bits per heavy atom. The molecule has 0 spiro atoms. The summed E-state index contributed by atoms with van der Waals surface area (Å²) in [5.74, 6) is 1.02. The lowest BCUT2D eigenvalue weighted by Crippen LogP contribution is -1.92. The number of hydrogen-bond acceptors (Lipinski definition) is 1. The molecule has 0 saturated carbocycles. The van der Waals surface area contributed by atoms with Gasteiger partial charge in [-0.3, -0.25) is 0 Å². The maximum atomic E-state index is 6.00. The van der Waals surface area contributed by atoms with Crippen molar-refractivity contribution in [1.29, 1.82) is 0 Å². The van der Waals surface area contributed by atoms with E-state index in [0.717, 1.165) is 29.4 Å². The Hall–Kier alpha value is -0.210. The van der Waals surface area contributed by atoms with Crippen LogP contribution in [0.25, 0.3) is 0 Å². The molecular weight excluding hydrogens is 251 g/mol. The summed E-state index contributed by atoms with van der Waals surface area (Å²) in [6, 6.07) is 3.95. The molecular formula is C10H10BrClO. The Kier molecular flexibility index (Phi) is 2.52. The van der Waals surface area contributed by atoms with Gasteiger partial charge in [-0.1, -0.05) is 27.5 Å². The molecule has 2 rings (SSSR count). The summed E-state index contributed by atoms with van der Waals surface area (Å²) in [5.41, 5.74) is 2.38. The third kappa shape index (κ3) is 1.70. The predicted molar refractivity (Wildman–Crippen MR) is 58.0 cm³/mol. The van der Waals surface area contributed by atoms with Gasteiger partial charge in [-0.2, -0.15) is 0 Å². The van der Waals surface area contributed by atoms with Gasteiger partial charge in [0.2, 0.25) is 0 Å². The predicted octanol–water partition coefficient (Wildman–Crippen LogP) is 3.73. The van der Waals surface area contributed by atoms with Crippen LogP contribution in [0.2, 0.25) is 5.02 Å². The molecule has 0 bridgehead atoms. The van der Waals surface area contributed by atoms with Gasteiger partial charge in [0, 0.05) is 21.8 Å². The van der Waals surface area contributed by atoms with Gasteiger partial charge >= 0.3 is 0 Å². The Morgan fingerprint density at radius 3 is 3.00 bits per heavy atom. The van der Waals surface area contributed by atoms with Crippen LogP contribution in [0.15, 0.2) is 12.1 Å². The summed E-state index contributed by atoms with van der Waals surface area (Å²) in [4.78, 5) is 0.290. The van der Waals surface area contributed by atoms with Crippen molar-refractivity contribution in [2.75, 3.05) is 6.61 Å². The van der Waals surface area contributed by atoms with Crippen molar-refractivity contribution in [3.8, 4) is 5.75 Å². The van der Waals surface area contributed by atoms with Crippen LogP contribution >= 0.6 is 27.5 Å². The Labute approximate surface area is 91.2 Å². The molecule has 0 aromatic heterocycles. The van der Waals surface area contributed by atoms with Crippen LogP contribution in [-0.2, 0) is 6.42 Å². The molecule has 1 heterocycles. The van der Waals surface area contributed by atoms with E-state index in [-0.39, 0.29) is 4.83 Å². The van der Waals surface area contributed by atoms with Crippen molar-refractivity contribution in [3.05, 3.63) is 28.3 Å². The topological polar surface area (TPSA) is 9.23 Å². The first-order chi connectivity index (χ1) is 6.18. The number of alkyl halides is 1. The van der Waals surface area contributed by atoms with E-state index in [2.05, 4.69) is 22.9 Å². The van der Waals surface area contributed by atoms with Crippen molar-refractivity contribution >= 4 is 27.5 Å². The van der Waals surface area contributed by atoms with E-state index in [1.165, 1.54) is 5.56 Å². The van der Waals surface area contributed by atoms with Gasteiger partial charge in [-0.25, -0.2) is 0 Å². The number of halogens is 2.